The van der Waals surface area contributed by atoms with Crippen molar-refractivity contribution in [2.75, 3.05) is 0 Å². The van der Waals surface area contributed by atoms with Crippen LogP contribution in [-0.2, 0) is 9.59 Å². The van der Waals surface area contributed by atoms with Gasteiger partial charge in [0.15, 0.2) is 0 Å². The number of carboxylic acid groups (broad SMARTS) is 2. The summed E-state index contributed by atoms with van der Waals surface area (Å²) < 4.78 is 0. The summed E-state index contributed by atoms with van der Waals surface area (Å²) in [4.78, 5) is 19.8. The molecule has 1 radical (unpaired) electrons. The van der Waals surface area contributed by atoms with Crippen molar-refractivity contribution in [1.82, 2.24) is 0 Å². The fourth-order valence-corrected chi connectivity index (χ4v) is 0.349. The summed E-state index contributed by atoms with van der Waals surface area (Å²) in [5.41, 5.74) is 0. The second-order valence-corrected chi connectivity index (χ2v) is 1.84. The van der Waals surface area contributed by atoms with Crippen LogP contribution < -0.4 is 0 Å². The maximum atomic E-state index is 9.97. The molecular weight excluding hydrogens is 147 g/mol. The quantitative estimate of drug-likeness (QED) is 0.553. The van der Waals surface area contributed by atoms with Crippen molar-refractivity contribution in [1.29, 1.82) is 0 Å². The van der Waals surface area contributed by atoms with E-state index < -0.39 is 17.9 Å². The summed E-state index contributed by atoms with van der Waals surface area (Å²) in [5.74, 6) is -2.94. The van der Waals surface area contributed by atoms with E-state index >= 15 is 0 Å². The number of carboxylic acids is 2. The van der Waals surface area contributed by atoms with Crippen LogP contribution in [0.4, 0.5) is 0 Å². The molecule has 0 aliphatic rings. The van der Waals surface area contributed by atoms with Gasteiger partial charge in [0, 0.05) is 29.6 Å². The fraction of sp³-hybridized carbons (Fsp3) is 0.600. The first-order chi connectivity index (χ1) is 4.04. The van der Waals surface area contributed by atoms with Gasteiger partial charge in [0.2, 0.25) is 0 Å². The molecule has 0 amide bonds. The van der Waals surface area contributed by atoms with Crippen molar-refractivity contribution in [3.05, 3.63) is 0 Å². The van der Waals surface area contributed by atoms with Gasteiger partial charge in [-0.25, -0.2) is 0 Å². The Morgan fingerprint density at radius 1 is 1.40 bits per heavy atom. The zero-order chi connectivity index (χ0) is 7.44. The van der Waals surface area contributed by atoms with Gasteiger partial charge >= 0.3 is 11.9 Å². The van der Waals surface area contributed by atoms with Gasteiger partial charge in [-0.05, 0) is 0 Å². The third-order valence-corrected chi connectivity index (χ3v) is 0.902. The van der Waals surface area contributed by atoms with Crippen molar-refractivity contribution in [2.45, 2.75) is 13.3 Å². The minimum absolute atomic E-state index is 0. The van der Waals surface area contributed by atoms with Gasteiger partial charge in [-0.15, -0.1) is 0 Å². The maximum Gasteiger partial charge on any atom is 0.306 e. The number of hydrogen-bond donors (Lipinski definition) is 2. The first-order valence-corrected chi connectivity index (χ1v) is 2.48. The standard InChI is InChI=1S/C5H8O4.Na/c1-3(5(8)9)2-4(6)7;/h3H,2H2,1H3,(H,6,7)(H,8,9);. The van der Waals surface area contributed by atoms with Crippen LogP contribution in [0.5, 0.6) is 0 Å². The van der Waals surface area contributed by atoms with Crippen molar-refractivity contribution in [3.8, 4) is 0 Å². The molecule has 0 aliphatic heterocycles. The van der Waals surface area contributed by atoms with E-state index in [2.05, 4.69) is 0 Å². The molecule has 2 N–H and O–H groups in total. The SMILES string of the molecule is CC(CC(=O)O)C(=O)O.[Na]. The molecule has 1 unspecified atom stereocenters. The Kier molecular flexibility index (Phi) is 7.19. The van der Waals surface area contributed by atoms with E-state index in [1.54, 1.807) is 0 Å². The summed E-state index contributed by atoms with van der Waals surface area (Å²) >= 11 is 0. The number of hydrogen-bond acceptors (Lipinski definition) is 2. The molecule has 0 fully saturated rings. The van der Waals surface area contributed by atoms with E-state index in [-0.39, 0.29) is 36.0 Å². The second-order valence-electron chi connectivity index (χ2n) is 1.84. The molecule has 0 saturated carbocycles. The van der Waals surface area contributed by atoms with E-state index in [4.69, 9.17) is 10.2 Å². The van der Waals surface area contributed by atoms with Gasteiger partial charge in [0.1, 0.15) is 0 Å². The van der Waals surface area contributed by atoms with Crippen LogP contribution in [0, 0.1) is 5.92 Å². The van der Waals surface area contributed by atoms with E-state index in [0.717, 1.165) is 0 Å². The molecule has 0 saturated heterocycles. The van der Waals surface area contributed by atoms with Crippen molar-refractivity contribution in [2.24, 2.45) is 5.92 Å². The predicted molar refractivity (Wildman–Crippen MR) is 34.8 cm³/mol. The average molecular weight is 155 g/mol. The van der Waals surface area contributed by atoms with Crippen LogP contribution in [0.1, 0.15) is 13.3 Å². The Hall–Kier alpha value is -0.0600. The number of aliphatic carboxylic acids is 2. The Morgan fingerprint density at radius 3 is 1.90 bits per heavy atom. The molecule has 10 heavy (non-hydrogen) atoms. The van der Waals surface area contributed by atoms with E-state index in [9.17, 15) is 9.59 Å². The topological polar surface area (TPSA) is 74.6 Å². The largest absolute Gasteiger partial charge is 0.481 e. The molecule has 0 aromatic rings. The van der Waals surface area contributed by atoms with Crippen LogP contribution in [-0.4, -0.2) is 51.7 Å². The van der Waals surface area contributed by atoms with Crippen LogP contribution >= 0.6 is 0 Å². The van der Waals surface area contributed by atoms with Gasteiger partial charge < -0.3 is 10.2 Å². The summed E-state index contributed by atoms with van der Waals surface area (Å²) in [6, 6.07) is 0. The van der Waals surface area contributed by atoms with Gasteiger partial charge in [0.25, 0.3) is 0 Å². The molecule has 0 rings (SSSR count). The Labute approximate surface area is 80.5 Å². The fourth-order valence-electron chi connectivity index (χ4n) is 0.349. The molecule has 0 bridgehead atoms. The molecule has 0 aliphatic carbocycles. The van der Waals surface area contributed by atoms with Gasteiger partial charge in [-0.3, -0.25) is 9.59 Å². The third-order valence-electron chi connectivity index (χ3n) is 0.902. The molecule has 53 valence electrons. The maximum absolute atomic E-state index is 9.97. The zero-order valence-electron chi connectivity index (χ0n) is 6.00. The third kappa shape index (κ3) is 6.07. The normalized spacial score (nSPS) is 11.3. The Morgan fingerprint density at radius 2 is 1.80 bits per heavy atom. The molecule has 1 atom stereocenters. The number of rotatable bonds is 3. The molecule has 5 heteroatoms. The molecular formula is C5H8NaO4. The van der Waals surface area contributed by atoms with Gasteiger partial charge in [-0.2, -0.15) is 0 Å². The first kappa shape index (κ1) is 12.6. The van der Waals surface area contributed by atoms with E-state index in [0.29, 0.717) is 0 Å². The summed E-state index contributed by atoms with van der Waals surface area (Å²) in [6.07, 6.45) is -0.310. The Balaban J connectivity index is 0. The number of carbonyl (C=O) groups is 2. The van der Waals surface area contributed by atoms with Crippen molar-refractivity contribution < 1.29 is 19.8 Å². The molecule has 0 heterocycles. The average Bonchev–Trinajstić information content (AvgIpc) is 1.63. The van der Waals surface area contributed by atoms with Gasteiger partial charge in [-0.1, -0.05) is 6.92 Å². The minimum Gasteiger partial charge on any atom is -0.481 e. The minimum atomic E-state index is -1.08. The van der Waals surface area contributed by atoms with Gasteiger partial charge in [0.05, 0.1) is 12.3 Å². The Bertz CT molecular complexity index is 134. The van der Waals surface area contributed by atoms with Crippen LogP contribution in [0.15, 0.2) is 0 Å². The van der Waals surface area contributed by atoms with E-state index in [1.807, 2.05) is 0 Å². The smallest absolute Gasteiger partial charge is 0.306 e. The van der Waals surface area contributed by atoms with E-state index in [1.165, 1.54) is 6.92 Å². The predicted octanol–water partition coefficient (Wildman–Crippen LogP) is -0.199. The van der Waals surface area contributed by atoms with Crippen LogP contribution in [0.3, 0.4) is 0 Å². The van der Waals surface area contributed by atoms with Crippen molar-refractivity contribution in [3.63, 3.8) is 0 Å². The van der Waals surface area contributed by atoms with Crippen LogP contribution in [0.25, 0.3) is 0 Å². The zero-order valence-corrected chi connectivity index (χ0v) is 8.00. The van der Waals surface area contributed by atoms with Crippen LogP contribution in [0.2, 0.25) is 0 Å². The second kappa shape index (κ2) is 5.70. The monoisotopic (exact) mass is 155 g/mol. The molecule has 4 nitrogen and oxygen atoms in total. The molecule has 0 aromatic carbocycles. The summed E-state index contributed by atoms with van der Waals surface area (Å²) in [6.45, 7) is 1.36. The summed E-state index contributed by atoms with van der Waals surface area (Å²) in [7, 11) is 0. The van der Waals surface area contributed by atoms with Crippen molar-refractivity contribution >= 4 is 41.5 Å². The summed E-state index contributed by atoms with van der Waals surface area (Å²) in [5, 5.41) is 16.2. The first-order valence-electron chi connectivity index (χ1n) is 2.48. The molecule has 0 spiro atoms. The molecule has 0 aromatic heterocycles.